The van der Waals surface area contributed by atoms with Gasteiger partial charge in [0, 0.05) is 11.7 Å². The summed E-state index contributed by atoms with van der Waals surface area (Å²) in [5, 5.41) is 3.75. The Labute approximate surface area is 127 Å². The second kappa shape index (κ2) is 5.55. The Hall–Kier alpha value is -1.76. The fraction of sp³-hybridized carbons (Fsp3) is 0.400. The summed E-state index contributed by atoms with van der Waals surface area (Å²) < 4.78 is 0. The molecule has 2 aromatic carbocycles. The van der Waals surface area contributed by atoms with E-state index in [-0.39, 0.29) is 0 Å². The highest BCUT2D eigenvalue weighted by Crippen LogP contribution is 2.38. The number of hydrogen-bond donors (Lipinski definition) is 1. The lowest BCUT2D eigenvalue weighted by Crippen LogP contribution is -2.28. The highest BCUT2D eigenvalue weighted by molar-refractivity contribution is 5.54. The zero-order chi connectivity index (χ0) is 14.1. The van der Waals surface area contributed by atoms with Crippen LogP contribution in [0.5, 0.6) is 0 Å². The zero-order valence-electron chi connectivity index (χ0n) is 12.5. The number of anilines is 1. The Morgan fingerprint density at radius 3 is 2.57 bits per heavy atom. The first-order chi connectivity index (χ1) is 10.4. The predicted octanol–water partition coefficient (Wildman–Crippen LogP) is 4.92. The van der Waals surface area contributed by atoms with E-state index < -0.39 is 0 Å². The zero-order valence-corrected chi connectivity index (χ0v) is 12.5. The summed E-state index contributed by atoms with van der Waals surface area (Å²) in [5.41, 5.74) is 6.00. The third kappa shape index (κ3) is 2.57. The third-order valence-corrected chi connectivity index (χ3v) is 5.21. The summed E-state index contributed by atoms with van der Waals surface area (Å²) in [5.74, 6) is 0.831. The summed E-state index contributed by atoms with van der Waals surface area (Å²) in [6.07, 6.45) is 7.81. The molecule has 1 heteroatoms. The fourth-order valence-electron chi connectivity index (χ4n) is 3.76. The molecule has 1 aliphatic heterocycles. The summed E-state index contributed by atoms with van der Waals surface area (Å²) in [6, 6.07) is 18.4. The molecule has 1 fully saturated rings. The van der Waals surface area contributed by atoms with Gasteiger partial charge in [0.15, 0.2) is 0 Å². The first kappa shape index (κ1) is 12.9. The van der Waals surface area contributed by atoms with E-state index in [1.807, 2.05) is 0 Å². The van der Waals surface area contributed by atoms with Gasteiger partial charge in [-0.1, -0.05) is 48.9 Å². The lowest BCUT2D eigenvalue weighted by atomic mass is 9.77. The maximum atomic E-state index is 3.75. The van der Waals surface area contributed by atoms with Gasteiger partial charge in [-0.2, -0.15) is 0 Å². The SMILES string of the molecule is c1ccc2c(c1)CCC(Cc1ccccc1C1CCC1)N2. The number of benzene rings is 2. The van der Waals surface area contributed by atoms with Crippen LogP contribution in [0.1, 0.15) is 48.3 Å². The summed E-state index contributed by atoms with van der Waals surface area (Å²) >= 11 is 0. The molecule has 2 aliphatic rings. The van der Waals surface area contributed by atoms with Crippen LogP contribution in [0.25, 0.3) is 0 Å². The van der Waals surface area contributed by atoms with Crippen LogP contribution in [0.15, 0.2) is 48.5 Å². The second-order valence-corrected chi connectivity index (χ2v) is 6.57. The first-order valence-electron chi connectivity index (χ1n) is 8.32. The van der Waals surface area contributed by atoms with E-state index in [1.54, 1.807) is 11.1 Å². The highest BCUT2D eigenvalue weighted by atomic mass is 14.9. The van der Waals surface area contributed by atoms with Crippen molar-refractivity contribution in [3.63, 3.8) is 0 Å². The van der Waals surface area contributed by atoms with Gasteiger partial charge < -0.3 is 5.32 Å². The Morgan fingerprint density at radius 2 is 1.71 bits per heavy atom. The minimum absolute atomic E-state index is 0.584. The molecular formula is C20H23N. The van der Waals surface area contributed by atoms with Crippen molar-refractivity contribution in [2.75, 3.05) is 5.32 Å². The van der Waals surface area contributed by atoms with Gasteiger partial charge >= 0.3 is 0 Å². The number of hydrogen-bond acceptors (Lipinski definition) is 1. The molecule has 1 nitrogen and oxygen atoms in total. The van der Waals surface area contributed by atoms with Gasteiger partial charge in [-0.05, 0) is 60.8 Å². The lowest BCUT2D eigenvalue weighted by Gasteiger charge is -2.31. The number of aryl methyl sites for hydroxylation is 1. The molecule has 1 saturated carbocycles. The fourth-order valence-corrected chi connectivity index (χ4v) is 3.76. The minimum atomic E-state index is 0.584. The van der Waals surface area contributed by atoms with E-state index in [0.29, 0.717) is 6.04 Å². The van der Waals surface area contributed by atoms with Crippen LogP contribution in [0.2, 0.25) is 0 Å². The van der Waals surface area contributed by atoms with Gasteiger partial charge in [-0.25, -0.2) is 0 Å². The van der Waals surface area contributed by atoms with Crippen molar-refractivity contribution in [3.8, 4) is 0 Å². The maximum absolute atomic E-state index is 3.75. The van der Waals surface area contributed by atoms with E-state index >= 15 is 0 Å². The molecule has 0 aromatic heterocycles. The molecule has 1 N–H and O–H groups in total. The van der Waals surface area contributed by atoms with Gasteiger partial charge in [0.2, 0.25) is 0 Å². The standard InChI is InChI=1S/C20H23N/c1-3-10-19(15-8-5-9-15)17(7-1)14-18-13-12-16-6-2-4-11-20(16)21-18/h1-4,6-7,10-11,15,18,21H,5,8-9,12-14H2. The van der Waals surface area contributed by atoms with Crippen molar-refractivity contribution in [2.24, 2.45) is 0 Å². The van der Waals surface area contributed by atoms with E-state index in [1.165, 1.54) is 49.8 Å². The third-order valence-electron chi connectivity index (χ3n) is 5.21. The van der Waals surface area contributed by atoms with Crippen LogP contribution in [0, 0.1) is 0 Å². The quantitative estimate of drug-likeness (QED) is 0.839. The second-order valence-electron chi connectivity index (χ2n) is 6.57. The summed E-state index contributed by atoms with van der Waals surface area (Å²) in [4.78, 5) is 0. The highest BCUT2D eigenvalue weighted by Gasteiger charge is 2.24. The Balaban J connectivity index is 1.52. The van der Waals surface area contributed by atoms with Crippen molar-refractivity contribution in [1.29, 1.82) is 0 Å². The molecule has 1 heterocycles. The predicted molar refractivity (Wildman–Crippen MR) is 88.9 cm³/mol. The van der Waals surface area contributed by atoms with Crippen LogP contribution in [-0.2, 0) is 12.8 Å². The van der Waals surface area contributed by atoms with E-state index in [0.717, 1.165) is 5.92 Å². The molecule has 108 valence electrons. The topological polar surface area (TPSA) is 12.0 Å². The molecule has 1 atom stereocenters. The molecule has 0 radical (unpaired) electrons. The normalized spacial score (nSPS) is 21.2. The van der Waals surface area contributed by atoms with Gasteiger partial charge in [0.1, 0.15) is 0 Å². The van der Waals surface area contributed by atoms with Crippen molar-refractivity contribution in [3.05, 3.63) is 65.2 Å². The molecule has 4 rings (SSSR count). The Bertz CT molecular complexity index is 627. The van der Waals surface area contributed by atoms with Crippen LogP contribution in [0.4, 0.5) is 5.69 Å². The Kier molecular flexibility index (Phi) is 3.42. The Morgan fingerprint density at radius 1 is 0.905 bits per heavy atom. The monoisotopic (exact) mass is 277 g/mol. The lowest BCUT2D eigenvalue weighted by molar-refractivity contribution is 0.416. The van der Waals surface area contributed by atoms with Crippen LogP contribution >= 0.6 is 0 Å². The van der Waals surface area contributed by atoms with Crippen LogP contribution in [-0.4, -0.2) is 6.04 Å². The number of rotatable bonds is 3. The molecule has 2 aromatic rings. The molecule has 0 amide bonds. The van der Waals surface area contributed by atoms with E-state index in [2.05, 4.69) is 53.8 Å². The largest absolute Gasteiger partial charge is 0.382 e. The molecule has 21 heavy (non-hydrogen) atoms. The van der Waals surface area contributed by atoms with E-state index in [9.17, 15) is 0 Å². The smallest absolute Gasteiger partial charge is 0.0374 e. The average Bonchev–Trinajstić information content (AvgIpc) is 2.47. The molecule has 1 aliphatic carbocycles. The van der Waals surface area contributed by atoms with Crippen molar-refractivity contribution < 1.29 is 0 Å². The van der Waals surface area contributed by atoms with Gasteiger partial charge in [-0.3, -0.25) is 0 Å². The number of nitrogens with one attached hydrogen (secondary N) is 1. The van der Waals surface area contributed by atoms with Crippen LogP contribution < -0.4 is 5.32 Å². The van der Waals surface area contributed by atoms with Crippen LogP contribution in [0.3, 0.4) is 0 Å². The molecule has 0 bridgehead atoms. The summed E-state index contributed by atoms with van der Waals surface area (Å²) in [6.45, 7) is 0. The number of fused-ring (bicyclic) bond motifs is 1. The van der Waals surface area contributed by atoms with Gasteiger partial charge in [0.05, 0.1) is 0 Å². The van der Waals surface area contributed by atoms with Gasteiger partial charge in [-0.15, -0.1) is 0 Å². The van der Waals surface area contributed by atoms with Crippen molar-refractivity contribution in [1.82, 2.24) is 0 Å². The number of para-hydroxylation sites is 1. The molecular weight excluding hydrogens is 254 g/mol. The first-order valence-corrected chi connectivity index (χ1v) is 8.32. The molecule has 1 unspecified atom stereocenters. The maximum Gasteiger partial charge on any atom is 0.0374 e. The van der Waals surface area contributed by atoms with Crippen molar-refractivity contribution >= 4 is 5.69 Å². The average molecular weight is 277 g/mol. The van der Waals surface area contributed by atoms with Crippen molar-refractivity contribution in [2.45, 2.75) is 50.5 Å². The van der Waals surface area contributed by atoms with E-state index in [4.69, 9.17) is 0 Å². The molecule has 0 saturated heterocycles. The minimum Gasteiger partial charge on any atom is -0.382 e. The van der Waals surface area contributed by atoms with Gasteiger partial charge in [0.25, 0.3) is 0 Å². The molecule has 0 spiro atoms. The summed E-state index contributed by atoms with van der Waals surface area (Å²) in [7, 11) is 0.